The highest BCUT2D eigenvalue weighted by Gasteiger charge is 2.44. The highest BCUT2D eigenvalue weighted by Crippen LogP contribution is 2.45. The fraction of sp³-hybridized carbons (Fsp3) is 0.462. The second-order valence-electron chi connectivity index (χ2n) is 14.5. The Morgan fingerprint density at radius 3 is 2.27 bits per heavy atom. The number of aromatic nitrogens is 2. The van der Waals surface area contributed by atoms with Gasteiger partial charge in [-0.05, 0) is 114 Å². The zero-order valence-corrected chi connectivity index (χ0v) is 31.1. The maximum absolute atomic E-state index is 13.8. The minimum absolute atomic E-state index is 0.0400. The van der Waals surface area contributed by atoms with Crippen LogP contribution in [0, 0.1) is 6.92 Å². The molecule has 0 saturated carbocycles. The van der Waals surface area contributed by atoms with Crippen molar-refractivity contribution in [2.24, 2.45) is 0 Å². The summed E-state index contributed by atoms with van der Waals surface area (Å²) >= 11 is 6.49. The normalized spacial score (nSPS) is 21.7. The lowest BCUT2D eigenvalue weighted by Crippen LogP contribution is -2.49. The lowest BCUT2D eigenvalue weighted by molar-refractivity contribution is -0.122. The number of para-hydroxylation sites is 2. The molecule has 51 heavy (non-hydrogen) atoms. The summed E-state index contributed by atoms with van der Waals surface area (Å²) in [5, 5.41) is 7.15. The smallest absolute Gasteiger partial charge is 0.290 e. The molecule has 2 bridgehead atoms. The van der Waals surface area contributed by atoms with Gasteiger partial charge in [-0.1, -0.05) is 54.1 Å². The van der Waals surface area contributed by atoms with Crippen LogP contribution in [-0.4, -0.2) is 83.0 Å². The summed E-state index contributed by atoms with van der Waals surface area (Å²) in [6, 6.07) is 25.1. The number of fused-ring (bicyclic) bond motifs is 3. The van der Waals surface area contributed by atoms with Crippen molar-refractivity contribution in [3.05, 3.63) is 94.8 Å². The van der Waals surface area contributed by atoms with E-state index >= 15 is 0 Å². The SMILES string of the molecule is Cc1nc2ccccc2n1C1C[C@H]2CC[C@@H](C1)N2CCC1(c2ccccc2)CCN(C(=O)c2cc(S(=O)(=O)NC(C)C)ccc2Cl)CC1.O=CO. The van der Waals surface area contributed by atoms with Crippen molar-refractivity contribution in [2.45, 2.75) is 100 Å². The Balaban J connectivity index is 0.00000144. The highest BCUT2D eigenvalue weighted by atomic mass is 35.5. The minimum atomic E-state index is -3.76. The number of hydrogen-bond donors (Lipinski definition) is 2. The molecule has 7 rings (SSSR count). The number of amides is 1. The van der Waals surface area contributed by atoms with Crippen LogP contribution in [0.3, 0.4) is 0 Å². The van der Waals surface area contributed by atoms with Gasteiger partial charge in [-0.2, -0.15) is 0 Å². The Kier molecular flexibility index (Phi) is 11.2. The monoisotopic (exact) mass is 733 g/mol. The molecule has 3 fully saturated rings. The topological polar surface area (TPSA) is 125 Å². The number of likely N-dealkylation sites (tertiary alicyclic amines) is 1. The third-order valence-corrected chi connectivity index (χ3v) is 13.1. The average molecular weight is 734 g/mol. The number of sulfonamides is 1. The van der Waals surface area contributed by atoms with E-state index in [1.165, 1.54) is 42.1 Å². The molecule has 10 nitrogen and oxygen atoms in total. The summed E-state index contributed by atoms with van der Waals surface area (Å²) in [5.74, 6) is 0.894. The number of hydrogen-bond acceptors (Lipinski definition) is 6. The number of carbonyl (C=O) groups excluding carboxylic acids is 1. The van der Waals surface area contributed by atoms with Gasteiger partial charge in [0.2, 0.25) is 10.0 Å². The molecule has 2 N–H and O–H groups in total. The Morgan fingerprint density at radius 1 is 1.00 bits per heavy atom. The second kappa shape index (κ2) is 15.5. The van der Waals surface area contributed by atoms with Crippen molar-refractivity contribution >= 4 is 45.0 Å². The average Bonchev–Trinajstić information content (AvgIpc) is 3.57. The van der Waals surface area contributed by atoms with Gasteiger partial charge in [0.25, 0.3) is 12.4 Å². The van der Waals surface area contributed by atoms with E-state index in [1.54, 1.807) is 13.8 Å². The van der Waals surface area contributed by atoms with E-state index in [0.717, 1.165) is 50.0 Å². The first-order valence-electron chi connectivity index (χ1n) is 17.9. The van der Waals surface area contributed by atoms with Crippen LogP contribution in [0.4, 0.5) is 0 Å². The molecular weight excluding hydrogens is 686 g/mol. The summed E-state index contributed by atoms with van der Waals surface area (Å²) in [4.78, 5) is 31.7. The maximum Gasteiger partial charge on any atom is 0.290 e. The Labute approximate surface area is 305 Å². The lowest BCUT2D eigenvalue weighted by atomic mass is 9.70. The molecule has 0 spiro atoms. The van der Waals surface area contributed by atoms with Crippen LogP contribution < -0.4 is 4.72 Å². The fourth-order valence-electron chi connectivity index (χ4n) is 8.79. The van der Waals surface area contributed by atoms with E-state index in [2.05, 4.69) is 75.7 Å². The van der Waals surface area contributed by atoms with Crippen LogP contribution in [-0.2, 0) is 20.2 Å². The van der Waals surface area contributed by atoms with E-state index in [9.17, 15) is 13.2 Å². The molecule has 3 aromatic carbocycles. The summed E-state index contributed by atoms with van der Waals surface area (Å²) < 4.78 is 30.8. The number of rotatable bonds is 9. The molecule has 1 aromatic heterocycles. The Hall–Kier alpha value is -3.77. The van der Waals surface area contributed by atoms with Crippen molar-refractivity contribution in [3.63, 3.8) is 0 Å². The van der Waals surface area contributed by atoms with Crippen molar-refractivity contribution in [2.75, 3.05) is 19.6 Å². The summed E-state index contributed by atoms with van der Waals surface area (Å²) in [7, 11) is -3.76. The van der Waals surface area contributed by atoms with Gasteiger partial charge in [0.05, 0.1) is 26.5 Å². The van der Waals surface area contributed by atoms with Gasteiger partial charge in [0.1, 0.15) is 5.82 Å². The van der Waals surface area contributed by atoms with E-state index in [4.69, 9.17) is 26.5 Å². The summed E-state index contributed by atoms with van der Waals surface area (Å²) in [6.07, 6.45) is 7.53. The van der Waals surface area contributed by atoms with Crippen LogP contribution in [0.1, 0.15) is 86.6 Å². The van der Waals surface area contributed by atoms with E-state index in [0.29, 0.717) is 31.2 Å². The molecule has 3 aliphatic heterocycles. The molecule has 1 unspecified atom stereocenters. The predicted octanol–water partition coefficient (Wildman–Crippen LogP) is 6.82. The molecule has 3 aliphatic rings. The van der Waals surface area contributed by atoms with Gasteiger partial charge in [-0.25, -0.2) is 18.1 Å². The van der Waals surface area contributed by atoms with E-state index < -0.39 is 10.0 Å². The highest BCUT2D eigenvalue weighted by molar-refractivity contribution is 7.89. The molecule has 0 aliphatic carbocycles. The first-order valence-corrected chi connectivity index (χ1v) is 19.8. The summed E-state index contributed by atoms with van der Waals surface area (Å²) in [5.41, 5.74) is 3.87. The quantitative estimate of drug-likeness (QED) is 0.181. The van der Waals surface area contributed by atoms with Gasteiger partial charge >= 0.3 is 0 Å². The number of piperidine rings is 2. The number of carbonyl (C=O) groups is 2. The summed E-state index contributed by atoms with van der Waals surface area (Å²) in [6.45, 7) is 7.65. The van der Waals surface area contributed by atoms with Gasteiger partial charge < -0.3 is 14.6 Å². The zero-order chi connectivity index (χ0) is 36.3. The first-order chi connectivity index (χ1) is 24.5. The van der Waals surface area contributed by atoms with Crippen molar-refractivity contribution in [3.8, 4) is 0 Å². The van der Waals surface area contributed by atoms with Crippen molar-refractivity contribution < 1.29 is 23.1 Å². The predicted molar refractivity (Wildman–Crippen MR) is 200 cm³/mol. The Morgan fingerprint density at radius 2 is 1.63 bits per heavy atom. The van der Waals surface area contributed by atoms with Gasteiger partial charge in [-0.15, -0.1) is 0 Å². The molecule has 4 aromatic rings. The van der Waals surface area contributed by atoms with Crippen molar-refractivity contribution in [1.82, 2.24) is 24.1 Å². The van der Waals surface area contributed by atoms with E-state index in [-0.39, 0.29) is 39.3 Å². The van der Waals surface area contributed by atoms with Crippen molar-refractivity contribution in [1.29, 1.82) is 0 Å². The van der Waals surface area contributed by atoms with Gasteiger partial charge in [0.15, 0.2) is 0 Å². The molecule has 3 saturated heterocycles. The number of imidazole rings is 1. The first kappa shape index (κ1) is 37.0. The number of halogens is 1. The number of carboxylic acid groups (broad SMARTS) is 1. The maximum atomic E-state index is 13.8. The number of aryl methyl sites for hydroxylation is 1. The Bertz CT molecular complexity index is 1940. The van der Waals surface area contributed by atoms with Crippen LogP contribution in [0.15, 0.2) is 77.7 Å². The molecule has 4 heterocycles. The number of benzene rings is 3. The third kappa shape index (κ3) is 7.72. The number of nitrogens with zero attached hydrogens (tertiary/aromatic N) is 4. The largest absolute Gasteiger partial charge is 0.483 e. The third-order valence-electron chi connectivity index (χ3n) is 11.1. The molecule has 12 heteroatoms. The molecule has 3 atom stereocenters. The standard InChI is InChI=1S/C38H46ClN5O3S.CH2O2/c1-26(2)41-48(46,47)32-15-16-34(39)33(25-32)37(45)42-20-17-38(18-21-42,28-9-5-4-6-10-28)19-22-43-29-13-14-30(43)24-31(23-29)44-27(3)40-35-11-7-8-12-36(35)44;2-1-3/h4-12,15-16,25-26,29-31,41H,13-14,17-24H2,1-3H3;1H,(H,2,3)/t29-,30+,31?;. The van der Waals surface area contributed by atoms with Crippen LogP contribution >= 0.6 is 11.6 Å². The second-order valence-corrected chi connectivity index (χ2v) is 16.6. The van der Waals surface area contributed by atoms with Crippen LogP contribution in [0.25, 0.3) is 11.0 Å². The minimum Gasteiger partial charge on any atom is -0.483 e. The molecule has 272 valence electrons. The molecule has 1 amide bonds. The lowest BCUT2D eigenvalue weighted by Gasteiger charge is -2.45. The molecular formula is C39H48ClN5O5S. The van der Waals surface area contributed by atoms with Gasteiger partial charge in [-0.3, -0.25) is 14.5 Å². The van der Waals surface area contributed by atoms with E-state index in [1.807, 2.05) is 4.90 Å². The van der Waals surface area contributed by atoms with Crippen LogP contribution in [0.2, 0.25) is 5.02 Å². The van der Waals surface area contributed by atoms with Crippen LogP contribution in [0.5, 0.6) is 0 Å². The van der Waals surface area contributed by atoms with Gasteiger partial charge in [0, 0.05) is 37.3 Å². The number of nitrogens with one attached hydrogen (secondary N) is 1. The molecule has 0 radical (unpaired) electrons. The fourth-order valence-corrected chi connectivity index (χ4v) is 10.3. The zero-order valence-electron chi connectivity index (χ0n) is 29.5.